The average Bonchev–Trinajstić information content (AvgIpc) is 2.40. The molecule has 1 aliphatic heterocycles. The summed E-state index contributed by atoms with van der Waals surface area (Å²) in [5, 5.41) is 3.04. The molecule has 6 nitrogen and oxygen atoms in total. The number of rotatable bonds is 4. The van der Waals surface area contributed by atoms with Gasteiger partial charge in [0.2, 0.25) is 0 Å². The van der Waals surface area contributed by atoms with Gasteiger partial charge < -0.3 is 19.7 Å². The molecule has 1 saturated heterocycles. The predicted molar refractivity (Wildman–Crippen MR) is 65.3 cm³/mol. The van der Waals surface area contributed by atoms with E-state index in [1.54, 1.807) is 7.11 Å². The number of nitrogens with zero attached hydrogens (tertiary/aromatic N) is 3. The molecule has 6 heteroatoms. The van der Waals surface area contributed by atoms with Crippen molar-refractivity contribution in [3.8, 4) is 0 Å². The Balaban J connectivity index is 2.21. The summed E-state index contributed by atoms with van der Waals surface area (Å²) in [6.45, 7) is 3.66. The van der Waals surface area contributed by atoms with Crippen LogP contribution in [0.2, 0.25) is 0 Å². The van der Waals surface area contributed by atoms with Crippen LogP contribution in [0.5, 0.6) is 0 Å². The van der Waals surface area contributed by atoms with E-state index in [0.29, 0.717) is 12.4 Å². The molecule has 0 aliphatic carbocycles. The summed E-state index contributed by atoms with van der Waals surface area (Å²) in [7, 11) is 3.49. The molecule has 0 radical (unpaired) electrons. The van der Waals surface area contributed by atoms with Gasteiger partial charge in [-0.15, -0.1) is 0 Å². The molecule has 0 aromatic carbocycles. The molecule has 0 bridgehead atoms. The van der Waals surface area contributed by atoms with Crippen molar-refractivity contribution < 1.29 is 9.47 Å². The molecule has 0 amide bonds. The highest BCUT2D eigenvalue weighted by molar-refractivity contribution is 5.49. The summed E-state index contributed by atoms with van der Waals surface area (Å²) in [6, 6.07) is 1.95. The lowest BCUT2D eigenvalue weighted by atomic mass is 10.4. The largest absolute Gasteiger partial charge is 0.378 e. The van der Waals surface area contributed by atoms with E-state index in [4.69, 9.17) is 9.47 Å². The van der Waals surface area contributed by atoms with Crippen LogP contribution in [0, 0.1) is 0 Å². The minimum absolute atomic E-state index is 0.423. The molecule has 1 aliphatic rings. The first-order chi connectivity index (χ1) is 8.33. The Hall–Kier alpha value is -1.40. The van der Waals surface area contributed by atoms with Crippen molar-refractivity contribution in [3.05, 3.63) is 11.9 Å². The molecule has 2 rings (SSSR count). The molecule has 94 valence electrons. The van der Waals surface area contributed by atoms with Gasteiger partial charge >= 0.3 is 0 Å². The van der Waals surface area contributed by atoms with Crippen LogP contribution in [-0.4, -0.2) is 50.4 Å². The summed E-state index contributed by atoms with van der Waals surface area (Å²) in [5.41, 5.74) is 0. The van der Waals surface area contributed by atoms with E-state index in [1.165, 1.54) is 0 Å². The van der Waals surface area contributed by atoms with E-state index >= 15 is 0 Å². The average molecular weight is 238 g/mol. The molecule has 0 atom stereocenters. The Kier molecular flexibility index (Phi) is 4.11. The summed E-state index contributed by atoms with van der Waals surface area (Å²) in [5.74, 6) is 2.44. The lowest BCUT2D eigenvalue weighted by molar-refractivity contribution is 0.122. The Morgan fingerprint density at radius 1 is 1.41 bits per heavy atom. The van der Waals surface area contributed by atoms with E-state index in [9.17, 15) is 0 Å². The maximum Gasteiger partial charge on any atom is 0.158 e. The van der Waals surface area contributed by atoms with Gasteiger partial charge in [-0.3, -0.25) is 0 Å². The second-order valence-corrected chi connectivity index (χ2v) is 3.81. The SMILES string of the molecule is CNc1cc(N2CCOCC2)nc(COC)n1. The number of anilines is 2. The van der Waals surface area contributed by atoms with E-state index in [1.807, 2.05) is 13.1 Å². The molecule has 1 aromatic rings. The van der Waals surface area contributed by atoms with Crippen molar-refractivity contribution in [2.45, 2.75) is 6.61 Å². The molecule has 0 saturated carbocycles. The van der Waals surface area contributed by atoms with Crippen LogP contribution in [0.1, 0.15) is 5.82 Å². The lowest BCUT2D eigenvalue weighted by Crippen LogP contribution is -2.37. The van der Waals surface area contributed by atoms with Crippen LogP contribution in [0.25, 0.3) is 0 Å². The first-order valence-electron chi connectivity index (χ1n) is 5.71. The highest BCUT2D eigenvalue weighted by Crippen LogP contribution is 2.17. The number of morpholine rings is 1. The van der Waals surface area contributed by atoms with E-state index in [-0.39, 0.29) is 0 Å². The van der Waals surface area contributed by atoms with Gasteiger partial charge in [-0.2, -0.15) is 0 Å². The number of aromatic nitrogens is 2. The van der Waals surface area contributed by atoms with Crippen molar-refractivity contribution in [2.24, 2.45) is 0 Å². The zero-order chi connectivity index (χ0) is 12.1. The molecule has 17 heavy (non-hydrogen) atoms. The fraction of sp³-hybridized carbons (Fsp3) is 0.636. The molecule has 1 fully saturated rings. The standard InChI is InChI=1S/C11H18N4O2/c1-12-9-7-11(14-10(13-9)8-16-2)15-3-5-17-6-4-15/h7H,3-6,8H2,1-2H3,(H,12,13,14). The number of hydrogen-bond acceptors (Lipinski definition) is 6. The molecule has 0 unspecified atom stereocenters. The zero-order valence-corrected chi connectivity index (χ0v) is 10.3. The first kappa shape index (κ1) is 12.1. The number of nitrogens with one attached hydrogen (secondary N) is 1. The number of ether oxygens (including phenoxy) is 2. The van der Waals surface area contributed by atoms with Crippen LogP contribution < -0.4 is 10.2 Å². The van der Waals surface area contributed by atoms with Crippen molar-refractivity contribution in [2.75, 3.05) is 50.7 Å². The molecule has 1 N–H and O–H groups in total. The van der Waals surface area contributed by atoms with Gasteiger partial charge in [-0.1, -0.05) is 0 Å². The summed E-state index contributed by atoms with van der Waals surface area (Å²) >= 11 is 0. The van der Waals surface area contributed by atoms with Crippen LogP contribution in [0.3, 0.4) is 0 Å². The Bertz CT molecular complexity index is 366. The van der Waals surface area contributed by atoms with Gasteiger partial charge in [-0.25, -0.2) is 9.97 Å². The summed E-state index contributed by atoms with van der Waals surface area (Å²) < 4.78 is 10.4. The second-order valence-electron chi connectivity index (χ2n) is 3.81. The fourth-order valence-corrected chi connectivity index (χ4v) is 1.76. The Morgan fingerprint density at radius 2 is 2.18 bits per heavy atom. The summed E-state index contributed by atoms with van der Waals surface area (Å²) in [4.78, 5) is 11.0. The molecular weight excluding hydrogens is 220 g/mol. The van der Waals surface area contributed by atoms with Crippen LogP contribution in [0.15, 0.2) is 6.07 Å². The third-order valence-electron chi connectivity index (χ3n) is 2.62. The second kappa shape index (κ2) is 5.79. The van der Waals surface area contributed by atoms with Crippen molar-refractivity contribution in [1.29, 1.82) is 0 Å². The van der Waals surface area contributed by atoms with Crippen LogP contribution >= 0.6 is 0 Å². The van der Waals surface area contributed by atoms with Crippen molar-refractivity contribution in [1.82, 2.24) is 9.97 Å². The van der Waals surface area contributed by atoms with Crippen LogP contribution in [0.4, 0.5) is 11.6 Å². The van der Waals surface area contributed by atoms with Gasteiger partial charge in [0.25, 0.3) is 0 Å². The molecular formula is C11H18N4O2. The first-order valence-corrected chi connectivity index (χ1v) is 5.71. The normalized spacial score (nSPS) is 16.0. The van der Waals surface area contributed by atoms with E-state index in [2.05, 4.69) is 20.2 Å². The third kappa shape index (κ3) is 3.04. The van der Waals surface area contributed by atoms with Gasteiger partial charge in [0.1, 0.15) is 18.2 Å². The minimum atomic E-state index is 0.423. The highest BCUT2D eigenvalue weighted by atomic mass is 16.5. The van der Waals surface area contributed by atoms with E-state index < -0.39 is 0 Å². The maximum absolute atomic E-state index is 5.33. The maximum atomic E-state index is 5.33. The molecule has 2 heterocycles. The van der Waals surface area contributed by atoms with Gasteiger partial charge in [0.15, 0.2) is 5.82 Å². The monoisotopic (exact) mass is 238 g/mol. The quantitative estimate of drug-likeness (QED) is 0.824. The zero-order valence-electron chi connectivity index (χ0n) is 10.3. The van der Waals surface area contributed by atoms with Crippen LogP contribution in [-0.2, 0) is 16.1 Å². The smallest absolute Gasteiger partial charge is 0.158 e. The van der Waals surface area contributed by atoms with Crippen molar-refractivity contribution >= 4 is 11.6 Å². The highest BCUT2D eigenvalue weighted by Gasteiger charge is 2.14. The predicted octanol–water partition coefficient (Wildman–Crippen LogP) is 0.501. The van der Waals surface area contributed by atoms with Gasteiger partial charge in [-0.05, 0) is 0 Å². The third-order valence-corrected chi connectivity index (χ3v) is 2.62. The van der Waals surface area contributed by atoms with Gasteiger partial charge in [0, 0.05) is 33.3 Å². The lowest BCUT2D eigenvalue weighted by Gasteiger charge is -2.28. The number of hydrogen-bond donors (Lipinski definition) is 1. The fourth-order valence-electron chi connectivity index (χ4n) is 1.76. The Morgan fingerprint density at radius 3 is 2.82 bits per heavy atom. The Labute approximate surface area is 101 Å². The van der Waals surface area contributed by atoms with Gasteiger partial charge in [0.05, 0.1) is 13.2 Å². The molecule has 1 aromatic heterocycles. The topological polar surface area (TPSA) is 59.5 Å². The molecule has 0 spiro atoms. The van der Waals surface area contributed by atoms with Crippen molar-refractivity contribution in [3.63, 3.8) is 0 Å². The van der Waals surface area contributed by atoms with E-state index in [0.717, 1.165) is 37.9 Å². The number of methoxy groups -OCH3 is 1. The summed E-state index contributed by atoms with van der Waals surface area (Å²) in [6.07, 6.45) is 0. The minimum Gasteiger partial charge on any atom is -0.378 e.